The number of amides is 1. The summed E-state index contributed by atoms with van der Waals surface area (Å²) >= 11 is 0. The van der Waals surface area contributed by atoms with Crippen molar-refractivity contribution in [1.29, 1.82) is 0 Å². The minimum atomic E-state index is -0.533. The van der Waals surface area contributed by atoms with E-state index < -0.39 is 10.3 Å². The Labute approximate surface area is 147 Å². The molecule has 0 bridgehead atoms. The Hall–Kier alpha value is -1.70. The van der Waals surface area contributed by atoms with E-state index in [1.165, 1.54) is 12.1 Å². The molecule has 24 heavy (non-hydrogen) atoms. The zero-order valence-corrected chi connectivity index (χ0v) is 14.7. The molecule has 1 aromatic rings. The zero-order chi connectivity index (χ0) is 16.9. The van der Waals surface area contributed by atoms with Gasteiger partial charge in [0.25, 0.3) is 5.69 Å². The highest BCUT2D eigenvalue weighted by Crippen LogP contribution is 2.30. The van der Waals surface area contributed by atoms with E-state index in [4.69, 9.17) is 4.74 Å². The topological polar surface area (TPSA) is 93.5 Å². The van der Waals surface area contributed by atoms with Crippen LogP contribution in [0.5, 0.6) is 0 Å². The number of nitrogens with zero attached hydrogens (tertiary/aromatic N) is 1. The molecule has 0 radical (unpaired) electrons. The number of non-ortho nitro benzene ring substituents is 1. The fraction of sp³-hybridized carbons (Fsp3) is 0.562. The average molecular weight is 358 g/mol. The van der Waals surface area contributed by atoms with Crippen molar-refractivity contribution < 1.29 is 14.5 Å². The Morgan fingerprint density at radius 2 is 2.12 bits per heavy atom. The molecule has 8 heteroatoms. The summed E-state index contributed by atoms with van der Waals surface area (Å²) in [5.74, 6) is -0.0557. The molecule has 1 aliphatic heterocycles. The number of benzene rings is 1. The van der Waals surface area contributed by atoms with Gasteiger partial charge in [-0.05, 0) is 38.4 Å². The van der Waals surface area contributed by atoms with Gasteiger partial charge in [-0.15, -0.1) is 12.4 Å². The lowest BCUT2D eigenvalue weighted by Gasteiger charge is -2.36. The number of methoxy groups -OCH3 is 1. The number of carbonyl (C=O) groups excluding carboxylic acids is 1. The van der Waals surface area contributed by atoms with Crippen LogP contribution in [0.4, 0.5) is 5.69 Å². The summed E-state index contributed by atoms with van der Waals surface area (Å²) in [6.07, 6.45) is 1.43. The third-order valence-electron chi connectivity index (χ3n) is 4.39. The number of nitro groups is 1. The van der Waals surface area contributed by atoms with E-state index in [1.807, 2.05) is 6.92 Å². The van der Waals surface area contributed by atoms with Gasteiger partial charge in [-0.1, -0.05) is 12.1 Å². The van der Waals surface area contributed by atoms with Gasteiger partial charge in [0.05, 0.1) is 23.0 Å². The molecule has 1 aromatic carbocycles. The maximum atomic E-state index is 12.8. The molecule has 2 N–H and O–H groups in total. The van der Waals surface area contributed by atoms with Gasteiger partial charge in [0.1, 0.15) is 0 Å². The van der Waals surface area contributed by atoms with Gasteiger partial charge in [0, 0.05) is 19.2 Å². The molecule has 7 nitrogen and oxygen atoms in total. The van der Waals surface area contributed by atoms with Crippen molar-refractivity contribution >= 4 is 24.0 Å². The van der Waals surface area contributed by atoms with E-state index in [9.17, 15) is 14.9 Å². The van der Waals surface area contributed by atoms with Crippen LogP contribution in [0.2, 0.25) is 0 Å². The van der Waals surface area contributed by atoms with Crippen molar-refractivity contribution in [2.45, 2.75) is 25.8 Å². The van der Waals surface area contributed by atoms with Crippen molar-refractivity contribution in [1.82, 2.24) is 10.6 Å². The molecule has 1 aliphatic rings. The molecule has 1 unspecified atom stereocenters. The van der Waals surface area contributed by atoms with Crippen molar-refractivity contribution in [3.8, 4) is 0 Å². The van der Waals surface area contributed by atoms with Gasteiger partial charge in [-0.3, -0.25) is 14.9 Å². The molecule has 134 valence electrons. The zero-order valence-electron chi connectivity index (χ0n) is 13.9. The van der Waals surface area contributed by atoms with Crippen LogP contribution >= 0.6 is 12.4 Å². The summed E-state index contributed by atoms with van der Waals surface area (Å²) in [5.41, 5.74) is 0.209. The van der Waals surface area contributed by atoms with Crippen LogP contribution in [-0.4, -0.2) is 37.6 Å². The Kier molecular flexibility index (Phi) is 7.59. The van der Waals surface area contributed by atoms with Crippen LogP contribution in [0.15, 0.2) is 24.3 Å². The first kappa shape index (κ1) is 20.3. The molecule has 0 spiro atoms. The van der Waals surface area contributed by atoms with Gasteiger partial charge in [0.2, 0.25) is 5.91 Å². The first-order valence-electron chi connectivity index (χ1n) is 7.73. The van der Waals surface area contributed by atoms with Gasteiger partial charge in [-0.25, -0.2) is 0 Å². The average Bonchev–Trinajstić information content (AvgIpc) is 2.56. The molecule has 1 fully saturated rings. The summed E-state index contributed by atoms with van der Waals surface area (Å²) in [6.45, 7) is 3.77. The lowest BCUT2D eigenvalue weighted by Crippen LogP contribution is -2.50. The van der Waals surface area contributed by atoms with E-state index in [1.54, 1.807) is 19.2 Å². The van der Waals surface area contributed by atoms with Crippen LogP contribution in [0.1, 0.15) is 31.4 Å². The van der Waals surface area contributed by atoms with E-state index in [-0.39, 0.29) is 30.0 Å². The van der Waals surface area contributed by atoms with Crippen LogP contribution < -0.4 is 10.6 Å². The van der Waals surface area contributed by atoms with E-state index >= 15 is 0 Å². The molecular formula is C16H24ClN3O4. The number of piperidine rings is 1. The van der Waals surface area contributed by atoms with Crippen LogP contribution in [0.25, 0.3) is 0 Å². The van der Waals surface area contributed by atoms with E-state index in [0.29, 0.717) is 25.0 Å². The highest BCUT2D eigenvalue weighted by Gasteiger charge is 2.40. The molecule has 2 rings (SSSR count). The summed E-state index contributed by atoms with van der Waals surface area (Å²) in [7, 11) is 1.60. The van der Waals surface area contributed by atoms with Gasteiger partial charge < -0.3 is 15.4 Å². The molecule has 0 saturated carbocycles. The lowest BCUT2D eigenvalue weighted by molar-refractivity contribution is -0.384. The smallest absolute Gasteiger partial charge is 0.269 e. The minimum Gasteiger partial charge on any atom is -0.384 e. The standard InChI is InChI=1S/C16H23N3O4.ClH/c1-12(13-4-3-5-14(10-13)19(21)22)18-15(20)16(11-23-2)6-8-17-9-7-16;/h3-5,10,12,17H,6-9,11H2,1-2H3,(H,18,20);1H. The first-order chi connectivity index (χ1) is 11.0. The van der Waals surface area contributed by atoms with E-state index in [0.717, 1.165) is 13.1 Å². The summed E-state index contributed by atoms with van der Waals surface area (Å²) in [4.78, 5) is 23.2. The monoisotopic (exact) mass is 357 g/mol. The first-order valence-corrected chi connectivity index (χ1v) is 7.73. The van der Waals surface area contributed by atoms with Gasteiger partial charge >= 0.3 is 0 Å². The van der Waals surface area contributed by atoms with E-state index in [2.05, 4.69) is 10.6 Å². The number of nitrogens with one attached hydrogen (secondary N) is 2. The summed E-state index contributed by atoms with van der Waals surface area (Å²) in [6, 6.07) is 6.05. The number of halogens is 1. The van der Waals surface area contributed by atoms with Crippen LogP contribution in [-0.2, 0) is 9.53 Å². The highest BCUT2D eigenvalue weighted by molar-refractivity contribution is 5.85. The summed E-state index contributed by atoms with van der Waals surface area (Å²) < 4.78 is 5.27. The van der Waals surface area contributed by atoms with Crippen LogP contribution in [0.3, 0.4) is 0 Å². The Bertz CT molecular complexity index is 571. The fourth-order valence-electron chi connectivity index (χ4n) is 2.96. The second-order valence-electron chi connectivity index (χ2n) is 6.01. The normalized spacial score (nSPS) is 17.4. The Morgan fingerprint density at radius 3 is 2.71 bits per heavy atom. The number of nitro benzene ring substituents is 1. The predicted octanol–water partition coefficient (Wildman–Crippen LogP) is 2.21. The fourth-order valence-corrected chi connectivity index (χ4v) is 2.96. The second-order valence-corrected chi connectivity index (χ2v) is 6.01. The number of rotatable bonds is 6. The highest BCUT2D eigenvalue weighted by atomic mass is 35.5. The molecule has 1 saturated heterocycles. The third kappa shape index (κ3) is 4.66. The molecule has 0 aliphatic carbocycles. The molecule has 1 amide bonds. The third-order valence-corrected chi connectivity index (χ3v) is 4.39. The summed E-state index contributed by atoms with van der Waals surface area (Å²) in [5, 5.41) is 17.1. The largest absolute Gasteiger partial charge is 0.384 e. The van der Waals surface area contributed by atoms with Gasteiger partial charge in [0.15, 0.2) is 0 Å². The van der Waals surface area contributed by atoms with Crippen molar-refractivity contribution in [2.24, 2.45) is 5.41 Å². The van der Waals surface area contributed by atoms with Crippen LogP contribution in [0, 0.1) is 15.5 Å². The van der Waals surface area contributed by atoms with Crippen molar-refractivity contribution in [2.75, 3.05) is 26.8 Å². The maximum Gasteiger partial charge on any atom is 0.269 e. The van der Waals surface area contributed by atoms with Crippen molar-refractivity contribution in [3.05, 3.63) is 39.9 Å². The SMILES string of the molecule is COCC1(C(=O)NC(C)c2cccc([N+](=O)[O-])c2)CCNCC1.Cl. The Balaban J connectivity index is 0.00000288. The second kappa shape index (κ2) is 8.96. The number of hydrogen-bond acceptors (Lipinski definition) is 5. The number of ether oxygens (including phenoxy) is 1. The lowest BCUT2D eigenvalue weighted by atomic mass is 9.78. The molecule has 1 heterocycles. The maximum absolute atomic E-state index is 12.8. The quantitative estimate of drug-likeness (QED) is 0.601. The predicted molar refractivity (Wildman–Crippen MR) is 93.3 cm³/mol. The molecule has 1 atom stereocenters. The van der Waals surface area contributed by atoms with Gasteiger partial charge in [-0.2, -0.15) is 0 Å². The minimum absolute atomic E-state index is 0. The molecule has 0 aromatic heterocycles. The number of carbonyl (C=O) groups is 1. The molecular weight excluding hydrogens is 334 g/mol. The number of hydrogen-bond donors (Lipinski definition) is 2. The Morgan fingerprint density at radius 1 is 1.46 bits per heavy atom. The van der Waals surface area contributed by atoms with Crippen molar-refractivity contribution in [3.63, 3.8) is 0 Å².